The van der Waals surface area contributed by atoms with Crippen LogP contribution in [0.5, 0.6) is 0 Å². The lowest BCUT2D eigenvalue weighted by Gasteiger charge is -2.06. The highest BCUT2D eigenvalue weighted by Gasteiger charge is 2.25. The number of rotatable bonds is 1. The molecule has 0 aromatic rings. The van der Waals surface area contributed by atoms with E-state index in [1.807, 2.05) is 0 Å². The number of aliphatic hydroxyl groups is 1. The van der Waals surface area contributed by atoms with Crippen molar-refractivity contribution in [1.29, 1.82) is 0 Å². The van der Waals surface area contributed by atoms with Gasteiger partial charge in [0.15, 0.2) is 0 Å². The number of carbonyl (C=O) groups is 1. The van der Waals surface area contributed by atoms with Gasteiger partial charge in [-0.3, -0.25) is 0 Å². The third-order valence-corrected chi connectivity index (χ3v) is 1.62. The van der Waals surface area contributed by atoms with Crippen molar-refractivity contribution in [2.45, 2.75) is 31.5 Å². The second-order valence-corrected chi connectivity index (χ2v) is 2.47. The molecule has 1 aliphatic rings. The predicted octanol–water partition coefficient (Wildman–Crippen LogP) is 0.594. The topological polar surface area (TPSA) is 66.8 Å². The zero-order valence-corrected chi connectivity index (χ0v) is 5.49. The lowest BCUT2D eigenvalue weighted by atomic mass is 10.3. The van der Waals surface area contributed by atoms with Gasteiger partial charge in [-0.15, -0.1) is 0 Å². The fourth-order valence-corrected chi connectivity index (χ4v) is 1.17. The number of hydrogen-bond donors (Lipinski definition) is 2. The van der Waals surface area contributed by atoms with E-state index in [-0.39, 0.29) is 12.2 Å². The first-order chi connectivity index (χ1) is 4.68. The minimum Gasteiger partial charge on any atom is -0.450 e. The lowest BCUT2D eigenvalue weighted by Crippen LogP contribution is -2.13. The van der Waals surface area contributed by atoms with Gasteiger partial charge in [0.2, 0.25) is 0 Å². The summed E-state index contributed by atoms with van der Waals surface area (Å²) < 4.78 is 4.44. The molecule has 0 spiro atoms. The SMILES string of the molecule is O=C(O)OC1CCC(O)C1. The summed E-state index contributed by atoms with van der Waals surface area (Å²) in [6, 6.07) is 0. The summed E-state index contributed by atoms with van der Waals surface area (Å²) in [5, 5.41) is 17.1. The van der Waals surface area contributed by atoms with Crippen molar-refractivity contribution in [3.8, 4) is 0 Å². The van der Waals surface area contributed by atoms with Crippen LogP contribution in [-0.2, 0) is 4.74 Å². The first-order valence-electron chi connectivity index (χ1n) is 3.26. The summed E-state index contributed by atoms with van der Waals surface area (Å²) in [5.74, 6) is 0. The van der Waals surface area contributed by atoms with E-state index in [1.54, 1.807) is 0 Å². The van der Waals surface area contributed by atoms with Gasteiger partial charge in [0.1, 0.15) is 6.10 Å². The third kappa shape index (κ3) is 1.88. The van der Waals surface area contributed by atoms with Crippen LogP contribution in [0.1, 0.15) is 19.3 Å². The highest BCUT2D eigenvalue weighted by molar-refractivity contribution is 5.57. The molecule has 0 aliphatic heterocycles. The molecule has 0 aromatic heterocycles. The van der Waals surface area contributed by atoms with Crippen molar-refractivity contribution in [3.63, 3.8) is 0 Å². The zero-order chi connectivity index (χ0) is 7.56. The minimum atomic E-state index is -1.25. The Morgan fingerprint density at radius 1 is 1.50 bits per heavy atom. The minimum absolute atomic E-state index is 0.285. The molecule has 1 aliphatic carbocycles. The third-order valence-electron chi connectivity index (χ3n) is 1.62. The maximum Gasteiger partial charge on any atom is 0.506 e. The Balaban J connectivity index is 2.24. The van der Waals surface area contributed by atoms with Crippen molar-refractivity contribution in [2.75, 3.05) is 0 Å². The van der Waals surface area contributed by atoms with Gasteiger partial charge in [-0.1, -0.05) is 0 Å². The van der Waals surface area contributed by atoms with E-state index >= 15 is 0 Å². The average Bonchev–Trinajstić information content (AvgIpc) is 2.13. The van der Waals surface area contributed by atoms with E-state index in [1.165, 1.54) is 0 Å². The average molecular weight is 146 g/mol. The predicted molar refractivity (Wildman–Crippen MR) is 32.8 cm³/mol. The molecule has 0 heterocycles. The molecule has 0 bridgehead atoms. The van der Waals surface area contributed by atoms with Crippen LogP contribution in [-0.4, -0.2) is 28.6 Å². The van der Waals surface area contributed by atoms with Crippen molar-refractivity contribution < 1.29 is 19.7 Å². The summed E-state index contributed by atoms with van der Waals surface area (Å²) in [7, 11) is 0. The second-order valence-electron chi connectivity index (χ2n) is 2.47. The van der Waals surface area contributed by atoms with E-state index < -0.39 is 6.16 Å². The van der Waals surface area contributed by atoms with Gasteiger partial charge in [0.05, 0.1) is 6.10 Å². The van der Waals surface area contributed by atoms with Gasteiger partial charge in [-0.25, -0.2) is 4.79 Å². The van der Waals surface area contributed by atoms with Crippen LogP contribution >= 0.6 is 0 Å². The number of carboxylic acid groups (broad SMARTS) is 1. The Bertz CT molecular complexity index is 134. The van der Waals surface area contributed by atoms with Crippen LogP contribution < -0.4 is 0 Å². The number of aliphatic hydroxyl groups excluding tert-OH is 1. The van der Waals surface area contributed by atoms with Crippen LogP contribution in [0.3, 0.4) is 0 Å². The van der Waals surface area contributed by atoms with Gasteiger partial charge >= 0.3 is 6.16 Å². The first kappa shape index (κ1) is 7.34. The fourth-order valence-electron chi connectivity index (χ4n) is 1.17. The quantitative estimate of drug-likeness (QED) is 0.531. The molecule has 2 unspecified atom stereocenters. The van der Waals surface area contributed by atoms with Gasteiger partial charge in [0, 0.05) is 6.42 Å². The van der Waals surface area contributed by atoms with E-state index in [0.717, 1.165) is 0 Å². The summed E-state index contributed by atoms with van der Waals surface area (Å²) in [5.41, 5.74) is 0. The molecule has 1 rings (SSSR count). The molecule has 0 saturated heterocycles. The van der Waals surface area contributed by atoms with Gasteiger partial charge < -0.3 is 14.9 Å². The molecular formula is C6H10O4. The lowest BCUT2D eigenvalue weighted by molar-refractivity contribution is 0.0483. The maximum atomic E-state index is 9.96. The molecular weight excluding hydrogens is 136 g/mol. The molecule has 0 amide bonds. The summed E-state index contributed by atoms with van der Waals surface area (Å²) >= 11 is 0. The number of hydrogen-bond acceptors (Lipinski definition) is 3. The summed E-state index contributed by atoms with van der Waals surface area (Å²) in [6.45, 7) is 0. The zero-order valence-electron chi connectivity index (χ0n) is 5.49. The van der Waals surface area contributed by atoms with Crippen LogP contribution in [0.15, 0.2) is 0 Å². The monoisotopic (exact) mass is 146 g/mol. The van der Waals surface area contributed by atoms with Crippen molar-refractivity contribution in [3.05, 3.63) is 0 Å². The molecule has 0 aromatic carbocycles. The molecule has 2 atom stereocenters. The molecule has 1 fully saturated rings. The first-order valence-corrected chi connectivity index (χ1v) is 3.26. The van der Waals surface area contributed by atoms with Crippen LogP contribution in [0.2, 0.25) is 0 Å². The molecule has 58 valence electrons. The van der Waals surface area contributed by atoms with Gasteiger partial charge in [0.25, 0.3) is 0 Å². The molecule has 1 saturated carbocycles. The summed E-state index contributed by atoms with van der Waals surface area (Å²) in [6.07, 6.45) is -0.159. The van der Waals surface area contributed by atoms with Crippen LogP contribution in [0, 0.1) is 0 Å². The second kappa shape index (κ2) is 2.88. The Kier molecular flexibility index (Phi) is 2.11. The molecule has 2 N–H and O–H groups in total. The molecule has 10 heavy (non-hydrogen) atoms. The Morgan fingerprint density at radius 2 is 2.20 bits per heavy atom. The van der Waals surface area contributed by atoms with E-state index in [2.05, 4.69) is 4.74 Å². The molecule has 4 heteroatoms. The Labute approximate surface area is 58.4 Å². The Hall–Kier alpha value is -0.770. The van der Waals surface area contributed by atoms with Crippen LogP contribution in [0.25, 0.3) is 0 Å². The van der Waals surface area contributed by atoms with E-state index in [9.17, 15) is 4.79 Å². The van der Waals surface area contributed by atoms with Crippen molar-refractivity contribution in [1.82, 2.24) is 0 Å². The molecule has 0 radical (unpaired) electrons. The Morgan fingerprint density at radius 3 is 2.60 bits per heavy atom. The van der Waals surface area contributed by atoms with Gasteiger partial charge in [-0.2, -0.15) is 0 Å². The molecule has 4 nitrogen and oxygen atoms in total. The fraction of sp³-hybridized carbons (Fsp3) is 0.833. The van der Waals surface area contributed by atoms with Crippen LogP contribution in [0.4, 0.5) is 4.79 Å². The normalized spacial score (nSPS) is 32.1. The highest BCUT2D eigenvalue weighted by Crippen LogP contribution is 2.21. The largest absolute Gasteiger partial charge is 0.506 e. The highest BCUT2D eigenvalue weighted by atomic mass is 16.7. The van der Waals surface area contributed by atoms with E-state index in [4.69, 9.17) is 10.2 Å². The number of ether oxygens (including phenoxy) is 1. The van der Waals surface area contributed by atoms with Crippen molar-refractivity contribution in [2.24, 2.45) is 0 Å². The standard InChI is InChI=1S/C6H10O4/c7-4-1-2-5(3-4)10-6(8)9/h4-5,7H,1-3H2,(H,8,9). The maximum absolute atomic E-state index is 9.96. The van der Waals surface area contributed by atoms with Crippen molar-refractivity contribution >= 4 is 6.16 Å². The summed E-state index contributed by atoms with van der Waals surface area (Å²) in [4.78, 5) is 9.96. The van der Waals surface area contributed by atoms with Gasteiger partial charge in [-0.05, 0) is 12.8 Å². The smallest absolute Gasteiger partial charge is 0.450 e. The van der Waals surface area contributed by atoms with E-state index in [0.29, 0.717) is 19.3 Å².